The number of fused-ring (bicyclic) bond motifs is 1. The molecule has 0 N–H and O–H groups in total. The number of aromatic nitrogens is 6. The third kappa shape index (κ3) is 3.95. The van der Waals surface area contributed by atoms with Gasteiger partial charge in [-0.2, -0.15) is 18.3 Å². The Morgan fingerprint density at radius 3 is 2.56 bits per heavy atom. The maximum Gasteiger partial charge on any atom is 0.408 e. The maximum atomic E-state index is 12.9. The Morgan fingerprint density at radius 2 is 1.88 bits per heavy atom. The van der Waals surface area contributed by atoms with Crippen molar-refractivity contribution in [1.29, 1.82) is 0 Å². The van der Waals surface area contributed by atoms with Crippen molar-refractivity contribution in [2.75, 3.05) is 0 Å². The molecule has 0 saturated heterocycles. The molecule has 0 bridgehead atoms. The van der Waals surface area contributed by atoms with E-state index in [4.69, 9.17) is 9.51 Å². The SMILES string of the molecule is Cc1noc(C)c1-c1cnc2c(-c3cnn(CC(F)(F)F)c3)cn(C(C)c3ccccn3)c2c1. The van der Waals surface area contributed by atoms with Crippen LogP contribution in [0.2, 0.25) is 0 Å². The zero-order chi connectivity index (χ0) is 24.0. The van der Waals surface area contributed by atoms with Crippen LogP contribution in [0.15, 0.2) is 59.8 Å². The molecular weight excluding hydrogens is 445 g/mol. The van der Waals surface area contributed by atoms with Crippen LogP contribution in [0.3, 0.4) is 0 Å². The van der Waals surface area contributed by atoms with Crippen LogP contribution in [0.4, 0.5) is 13.2 Å². The summed E-state index contributed by atoms with van der Waals surface area (Å²) < 4.78 is 46.8. The van der Waals surface area contributed by atoms with Crippen molar-refractivity contribution in [3.8, 4) is 22.3 Å². The first-order valence-electron chi connectivity index (χ1n) is 10.7. The number of nitrogens with zero attached hydrogens (tertiary/aromatic N) is 6. The van der Waals surface area contributed by atoms with Crippen LogP contribution in [-0.2, 0) is 6.54 Å². The molecule has 174 valence electrons. The lowest BCUT2D eigenvalue weighted by atomic mass is 10.1. The van der Waals surface area contributed by atoms with Crippen molar-refractivity contribution in [3.05, 3.63) is 72.4 Å². The monoisotopic (exact) mass is 466 g/mol. The molecular formula is C24H21F3N6O. The molecule has 0 radical (unpaired) electrons. The molecule has 0 aromatic carbocycles. The van der Waals surface area contributed by atoms with Gasteiger partial charge in [-0.05, 0) is 39.0 Å². The highest BCUT2D eigenvalue weighted by Gasteiger charge is 2.29. The molecule has 5 aromatic heterocycles. The first kappa shape index (κ1) is 21.9. The molecule has 5 heterocycles. The zero-order valence-electron chi connectivity index (χ0n) is 18.7. The second-order valence-electron chi connectivity index (χ2n) is 8.21. The minimum atomic E-state index is -4.35. The molecule has 0 aliphatic carbocycles. The van der Waals surface area contributed by atoms with Crippen LogP contribution in [-0.4, -0.2) is 35.6 Å². The highest BCUT2D eigenvalue weighted by atomic mass is 19.4. The lowest BCUT2D eigenvalue weighted by Crippen LogP contribution is -2.17. The number of halogens is 3. The van der Waals surface area contributed by atoms with E-state index in [9.17, 15) is 13.2 Å². The maximum absolute atomic E-state index is 12.9. The number of rotatable bonds is 5. The van der Waals surface area contributed by atoms with Crippen LogP contribution in [0.1, 0.15) is 30.1 Å². The Morgan fingerprint density at radius 1 is 1.06 bits per heavy atom. The molecule has 0 spiro atoms. The molecule has 1 atom stereocenters. The first-order valence-corrected chi connectivity index (χ1v) is 10.7. The van der Waals surface area contributed by atoms with Crippen LogP contribution < -0.4 is 0 Å². The summed E-state index contributed by atoms with van der Waals surface area (Å²) >= 11 is 0. The van der Waals surface area contributed by atoms with Gasteiger partial charge in [0.05, 0.1) is 34.7 Å². The van der Waals surface area contributed by atoms with Crippen molar-refractivity contribution >= 4 is 11.0 Å². The van der Waals surface area contributed by atoms with E-state index in [1.54, 1.807) is 12.4 Å². The number of hydrogen-bond acceptors (Lipinski definition) is 5. The van der Waals surface area contributed by atoms with E-state index < -0.39 is 12.7 Å². The smallest absolute Gasteiger partial charge is 0.361 e. The average Bonchev–Trinajstić information content (AvgIpc) is 3.49. The standard InChI is InChI=1S/C24H21F3N6O/c1-14-22(16(3)34-31-14)17-8-21-23(29-9-17)19(18-10-30-32(11-18)13-24(25,26)27)12-33(21)15(2)20-6-4-5-7-28-20/h4-12,15H,13H2,1-3H3. The van der Waals surface area contributed by atoms with E-state index in [0.717, 1.165) is 32.7 Å². The fourth-order valence-electron chi connectivity index (χ4n) is 4.23. The van der Waals surface area contributed by atoms with Gasteiger partial charge >= 0.3 is 6.18 Å². The summed E-state index contributed by atoms with van der Waals surface area (Å²) in [5.41, 5.74) is 6.03. The van der Waals surface area contributed by atoms with Gasteiger partial charge < -0.3 is 9.09 Å². The van der Waals surface area contributed by atoms with Gasteiger partial charge in [-0.15, -0.1) is 0 Å². The third-order valence-corrected chi connectivity index (χ3v) is 5.81. The quantitative estimate of drug-likeness (QED) is 0.330. The van der Waals surface area contributed by atoms with Crippen LogP contribution in [0.5, 0.6) is 0 Å². The molecule has 0 fully saturated rings. The number of pyridine rings is 2. The predicted octanol–water partition coefficient (Wildman–Crippen LogP) is 5.74. The van der Waals surface area contributed by atoms with E-state index in [1.165, 1.54) is 12.4 Å². The Kier molecular flexibility index (Phi) is 5.22. The second-order valence-corrected chi connectivity index (χ2v) is 8.21. The van der Waals surface area contributed by atoms with Crippen LogP contribution >= 0.6 is 0 Å². The Hall–Kier alpha value is -3.95. The third-order valence-electron chi connectivity index (χ3n) is 5.81. The molecule has 10 heteroatoms. The Bertz CT molecular complexity index is 1450. The molecule has 0 aliphatic heterocycles. The average molecular weight is 466 g/mol. The largest absolute Gasteiger partial charge is 0.408 e. The highest BCUT2D eigenvalue weighted by molar-refractivity contribution is 5.95. The summed E-state index contributed by atoms with van der Waals surface area (Å²) in [6.07, 6.45) is 3.82. The fraction of sp³-hybridized carbons (Fsp3) is 0.250. The van der Waals surface area contributed by atoms with E-state index in [-0.39, 0.29) is 6.04 Å². The van der Waals surface area contributed by atoms with E-state index in [0.29, 0.717) is 22.4 Å². The summed E-state index contributed by atoms with van der Waals surface area (Å²) in [6, 6.07) is 7.55. The number of hydrogen-bond donors (Lipinski definition) is 0. The van der Waals surface area contributed by atoms with Gasteiger partial charge in [0, 0.05) is 47.0 Å². The summed E-state index contributed by atoms with van der Waals surface area (Å²) in [5.74, 6) is 0.684. The Balaban J connectivity index is 1.68. The minimum absolute atomic E-state index is 0.149. The van der Waals surface area contributed by atoms with Crippen molar-refractivity contribution < 1.29 is 17.7 Å². The molecule has 5 rings (SSSR count). The van der Waals surface area contributed by atoms with Gasteiger partial charge in [0.15, 0.2) is 0 Å². The Labute approximate surface area is 192 Å². The minimum Gasteiger partial charge on any atom is -0.361 e. The lowest BCUT2D eigenvalue weighted by Gasteiger charge is -2.15. The van der Waals surface area contributed by atoms with E-state index in [2.05, 4.69) is 15.2 Å². The summed E-state index contributed by atoms with van der Waals surface area (Å²) in [7, 11) is 0. The molecule has 5 aromatic rings. The van der Waals surface area contributed by atoms with Gasteiger partial charge in [0.1, 0.15) is 12.3 Å². The summed E-state index contributed by atoms with van der Waals surface area (Å²) in [4.78, 5) is 9.19. The molecule has 0 saturated carbocycles. The predicted molar refractivity (Wildman–Crippen MR) is 120 cm³/mol. The first-order chi connectivity index (χ1) is 16.2. The number of aryl methyl sites for hydroxylation is 2. The van der Waals surface area contributed by atoms with Crippen molar-refractivity contribution in [3.63, 3.8) is 0 Å². The topological polar surface area (TPSA) is 74.6 Å². The molecule has 7 nitrogen and oxygen atoms in total. The van der Waals surface area contributed by atoms with Crippen molar-refractivity contribution in [2.45, 2.75) is 39.5 Å². The highest BCUT2D eigenvalue weighted by Crippen LogP contribution is 2.36. The van der Waals surface area contributed by atoms with Crippen molar-refractivity contribution in [1.82, 2.24) is 29.5 Å². The zero-order valence-corrected chi connectivity index (χ0v) is 18.7. The van der Waals surface area contributed by atoms with E-state index >= 15 is 0 Å². The van der Waals surface area contributed by atoms with Gasteiger partial charge in [-0.3, -0.25) is 14.6 Å². The van der Waals surface area contributed by atoms with Gasteiger partial charge in [0.25, 0.3) is 0 Å². The van der Waals surface area contributed by atoms with Crippen molar-refractivity contribution in [2.24, 2.45) is 0 Å². The van der Waals surface area contributed by atoms with Gasteiger partial charge in [-0.1, -0.05) is 11.2 Å². The van der Waals surface area contributed by atoms with E-state index in [1.807, 2.05) is 55.8 Å². The fourth-order valence-corrected chi connectivity index (χ4v) is 4.23. The summed E-state index contributed by atoms with van der Waals surface area (Å²) in [5, 5.41) is 7.95. The molecule has 34 heavy (non-hydrogen) atoms. The molecule has 1 unspecified atom stereocenters. The molecule has 0 amide bonds. The van der Waals surface area contributed by atoms with Crippen LogP contribution in [0.25, 0.3) is 33.3 Å². The van der Waals surface area contributed by atoms with Crippen LogP contribution in [0, 0.1) is 13.8 Å². The normalized spacial score (nSPS) is 13.0. The second kappa shape index (κ2) is 8.12. The van der Waals surface area contributed by atoms with Gasteiger partial charge in [-0.25, -0.2) is 0 Å². The number of alkyl halides is 3. The van der Waals surface area contributed by atoms with Gasteiger partial charge in [0.2, 0.25) is 0 Å². The molecule has 0 aliphatic rings. The lowest BCUT2D eigenvalue weighted by molar-refractivity contribution is -0.142. The summed E-state index contributed by atoms with van der Waals surface area (Å²) in [6.45, 7) is 4.57.